The molecule has 0 spiro atoms. The summed E-state index contributed by atoms with van der Waals surface area (Å²) in [7, 11) is 0. The highest BCUT2D eigenvalue weighted by Gasteiger charge is 2.13. The zero-order valence-electron chi connectivity index (χ0n) is 11.1. The summed E-state index contributed by atoms with van der Waals surface area (Å²) in [6, 6.07) is 1.62. The Morgan fingerprint density at radius 3 is 2.74 bits per heavy atom. The van der Waals surface area contributed by atoms with Crippen molar-refractivity contribution in [3.63, 3.8) is 0 Å². The number of hydrogen-bond donors (Lipinski definition) is 3. The Morgan fingerprint density at radius 2 is 2.16 bits per heavy atom. The first-order valence-corrected chi connectivity index (χ1v) is 7.33. The molecule has 0 bridgehead atoms. The second-order valence-electron chi connectivity index (χ2n) is 4.47. The molecule has 1 aromatic rings. The smallest absolute Gasteiger partial charge is 0.251 e. The van der Waals surface area contributed by atoms with Gasteiger partial charge in [-0.3, -0.25) is 9.59 Å². The molecule has 1 heterocycles. The van der Waals surface area contributed by atoms with Gasteiger partial charge < -0.3 is 16.8 Å². The molecule has 19 heavy (non-hydrogen) atoms. The Bertz CT molecular complexity index is 431. The second-order valence-corrected chi connectivity index (χ2v) is 5.38. The largest absolute Gasteiger partial charge is 0.366 e. The van der Waals surface area contributed by atoms with Gasteiger partial charge in [0.1, 0.15) is 5.00 Å². The van der Waals surface area contributed by atoms with Gasteiger partial charge in [-0.1, -0.05) is 13.3 Å². The lowest BCUT2D eigenvalue weighted by Gasteiger charge is -2.13. The van der Waals surface area contributed by atoms with E-state index in [1.54, 1.807) is 11.4 Å². The fourth-order valence-corrected chi connectivity index (χ4v) is 2.72. The standard InChI is InChI=1S/C13H21N3O2S/c1-2-9(5-7-14)3-4-11(17)16-13-10(12(15)18)6-8-19-13/h6,8-9H,2-5,7,14H2,1H3,(H2,15,18)(H,16,17). The Labute approximate surface area is 117 Å². The summed E-state index contributed by atoms with van der Waals surface area (Å²) in [6.07, 6.45) is 3.22. The molecule has 6 heteroatoms. The Hall–Kier alpha value is -1.40. The van der Waals surface area contributed by atoms with Gasteiger partial charge in [0.2, 0.25) is 5.91 Å². The van der Waals surface area contributed by atoms with E-state index in [-0.39, 0.29) is 5.91 Å². The molecular weight excluding hydrogens is 262 g/mol. The third-order valence-electron chi connectivity index (χ3n) is 3.12. The van der Waals surface area contributed by atoms with Crippen LogP contribution in [-0.2, 0) is 4.79 Å². The molecule has 1 rings (SSSR count). The van der Waals surface area contributed by atoms with E-state index in [1.165, 1.54) is 11.3 Å². The van der Waals surface area contributed by atoms with Gasteiger partial charge in [0.15, 0.2) is 0 Å². The van der Waals surface area contributed by atoms with Crippen LogP contribution in [0.15, 0.2) is 11.4 Å². The molecule has 5 nitrogen and oxygen atoms in total. The number of anilines is 1. The highest BCUT2D eigenvalue weighted by atomic mass is 32.1. The molecule has 1 atom stereocenters. The fraction of sp³-hybridized carbons (Fsp3) is 0.538. The molecule has 0 aliphatic heterocycles. The number of carbonyl (C=O) groups excluding carboxylic acids is 2. The van der Waals surface area contributed by atoms with Crippen LogP contribution in [0.25, 0.3) is 0 Å². The number of hydrogen-bond acceptors (Lipinski definition) is 4. The average molecular weight is 283 g/mol. The minimum absolute atomic E-state index is 0.0829. The highest BCUT2D eigenvalue weighted by Crippen LogP contribution is 2.23. The Morgan fingerprint density at radius 1 is 1.42 bits per heavy atom. The Kier molecular flexibility index (Phi) is 6.52. The van der Waals surface area contributed by atoms with Crippen molar-refractivity contribution in [2.45, 2.75) is 32.6 Å². The number of primary amides is 1. The predicted molar refractivity (Wildman–Crippen MR) is 78.2 cm³/mol. The van der Waals surface area contributed by atoms with E-state index in [9.17, 15) is 9.59 Å². The number of rotatable bonds is 8. The second kappa shape index (κ2) is 7.91. The summed E-state index contributed by atoms with van der Waals surface area (Å²) in [5.74, 6) is -0.124. The molecule has 5 N–H and O–H groups in total. The monoisotopic (exact) mass is 283 g/mol. The van der Waals surface area contributed by atoms with Gasteiger partial charge in [0, 0.05) is 6.42 Å². The zero-order valence-corrected chi connectivity index (χ0v) is 12.0. The van der Waals surface area contributed by atoms with Crippen LogP contribution in [0.1, 0.15) is 43.0 Å². The first kappa shape index (κ1) is 15.7. The van der Waals surface area contributed by atoms with Crippen LogP contribution in [0.2, 0.25) is 0 Å². The summed E-state index contributed by atoms with van der Waals surface area (Å²) >= 11 is 1.30. The molecule has 0 aromatic carbocycles. The first-order valence-electron chi connectivity index (χ1n) is 6.45. The summed E-state index contributed by atoms with van der Waals surface area (Å²) in [4.78, 5) is 22.9. The molecule has 106 valence electrons. The zero-order chi connectivity index (χ0) is 14.3. The average Bonchev–Trinajstić information content (AvgIpc) is 2.82. The van der Waals surface area contributed by atoms with Crippen molar-refractivity contribution in [1.29, 1.82) is 0 Å². The summed E-state index contributed by atoms with van der Waals surface area (Å²) in [5.41, 5.74) is 11.1. The van der Waals surface area contributed by atoms with E-state index in [0.29, 0.717) is 29.4 Å². The van der Waals surface area contributed by atoms with Gasteiger partial charge in [-0.15, -0.1) is 11.3 Å². The first-order chi connectivity index (χ1) is 9.08. The summed E-state index contributed by atoms with van der Waals surface area (Å²) in [5, 5.41) is 5.01. The van der Waals surface area contributed by atoms with Crippen molar-refractivity contribution in [3.05, 3.63) is 17.0 Å². The maximum absolute atomic E-state index is 11.8. The highest BCUT2D eigenvalue weighted by molar-refractivity contribution is 7.14. The van der Waals surface area contributed by atoms with Crippen molar-refractivity contribution >= 4 is 28.2 Å². The van der Waals surface area contributed by atoms with E-state index < -0.39 is 5.91 Å². The number of nitrogens with one attached hydrogen (secondary N) is 1. The molecule has 2 amide bonds. The van der Waals surface area contributed by atoms with Gasteiger partial charge in [-0.05, 0) is 36.8 Å². The molecule has 0 aliphatic carbocycles. The van der Waals surface area contributed by atoms with Crippen LogP contribution in [0, 0.1) is 5.92 Å². The van der Waals surface area contributed by atoms with E-state index in [2.05, 4.69) is 12.2 Å². The van der Waals surface area contributed by atoms with E-state index >= 15 is 0 Å². The lowest BCUT2D eigenvalue weighted by molar-refractivity contribution is -0.116. The van der Waals surface area contributed by atoms with Crippen molar-refractivity contribution in [3.8, 4) is 0 Å². The van der Waals surface area contributed by atoms with Crippen LogP contribution in [0.4, 0.5) is 5.00 Å². The van der Waals surface area contributed by atoms with Gasteiger partial charge in [-0.2, -0.15) is 0 Å². The molecule has 0 radical (unpaired) electrons. The Balaban J connectivity index is 2.47. The molecule has 0 saturated heterocycles. The fourth-order valence-electron chi connectivity index (χ4n) is 1.91. The maximum atomic E-state index is 11.8. The molecular formula is C13H21N3O2S. The van der Waals surface area contributed by atoms with Gasteiger partial charge in [-0.25, -0.2) is 0 Å². The van der Waals surface area contributed by atoms with Gasteiger partial charge in [0.05, 0.1) is 5.56 Å². The molecule has 1 unspecified atom stereocenters. The van der Waals surface area contributed by atoms with Crippen molar-refractivity contribution in [2.24, 2.45) is 17.4 Å². The number of amides is 2. The molecule has 0 fully saturated rings. The number of thiophene rings is 1. The van der Waals surface area contributed by atoms with Crippen LogP contribution in [0.3, 0.4) is 0 Å². The van der Waals surface area contributed by atoms with Crippen molar-refractivity contribution < 1.29 is 9.59 Å². The topological polar surface area (TPSA) is 98.2 Å². The van der Waals surface area contributed by atoms with Gasteiger partial charge >= 0.3 is 0 Å². The van der Waals surface area contributed by atoms with Crippen molar-refractivity contribution in [2.75, 3.05) is 11.9 Å². The lowest BCUT2D eigenvalue weighted by Crippen LogP contribution is -2.17. The SMILES string of the molecule is CCC(CCN)CCC(=O)Nc1sccc1C(N)=O. The maximum Gasteiger partial charge on any atom is 0.251 e. The number of nitrogens with two attached hydrogens (primary N) is 2. The van der Waals surface area contributed by atoms with Crippen LogP contribution < -0.4 is 16.8 Å². The summed E-state index contributed by atoms with van der Waals surface area (Å²) in [6.45, 7) is 2.75. The van der Waals surface area contributed by atoms with E-state index in [4.69, 9.17) is 11.5 Å². The van der Waals surface area contributed by atoms with E-state index in [1.807, 2.05) is 0 Å². The van der Waals surface area contributed by atoms with Gasteiger partial charge in [0.25, 0.3) is 5.91 Å². The predicted octanol–water partition coefficient (Wildman–Crippen LogP) is 1.94. The summed E-state index contributed by atoms with van der Waals surface area (Å²) < 4.78 is 0. The normalized spacial score (nSPS) is 12.1. The van der Waals surface area contributed by atoms with Crippen LogP contribution in [-0.4, -0.2) is 18.4 Å². The lowest BCUT2D eigenvalue weighted by atomic mass is 9.96. The number of carbonyl (C=O) groups is 2. The third kappa shape index (κ3) is 5.00. The molecule has 1 aromatic heterocycles. The molecule has 0 aliphatic rings. The minimum atomic E-state index is -0.522. The van der Waals surface area contributed by atoms with Crippen LogP contribution in [0.5, 0.6) is 0 Å². The quantitative estimate of drug-likeness (QED) is 0.680. The molecule has 0 saturated carbocycles. The minimum Gasteiger partial charge on any atom is -0.366 e. The third-order valence-corrected chi connectivity index (χ3v) is 3.95. The van der Waals surface area contributed by atoms with E-state index in [0.717, 1.165) is 19.3 Å². The van der Waals surface area contributed by atoms with Crippen LogP contribution >= 0.6 is 11.3 Å². The van der Waals surface area contributed by atoms with Crippen molar-refractivity contribution in [1.82, 2.24) is 0 Å².